The maximum Gasteiger partial charge on any atom is 0.155 e. The number of hydrogen-bond acceptors (Lipinski definition) is 4. The zero-order valence-corrected chi connectivity index (χ0v) is 12.0. The molecule has 0 aromatic carbocycles. The average Bonchev–Trinajstić information content (AvgIpc) is 1.94. The van der Waals surface area contributed by atoms with Crippen LogP contribution in [0.1, 0.15) is 34.6 Å². The predicted octanol–water partition coefficient (Wildman–Crippen LogP) is 1.67. The van der Waals surface area contributed by atoms with E-state index in [9.17, 15) is 8.42 Å². The summed E-state index contributed by atoms with van der Waals surface area (Å²) in [6, 6.07) is 0. The van der Waals surface area contributed by atoms with Crippen molar-refractivity contribution < 1.29 is 8.42 Å². The lowest BCUT2D eigenvalue weighted by Crippen LogP contribution is -2.35. The van der Waals surface area contributed by atoms with E-state index in [0.717, 1.165) is 5.75 Å². The van der Waals surface area contributed by atoms with Crippen LogP contribution in [-0.2, 0) is 9.84 Å². The molecule has 0 fully saturated rings. The molecule has 0 rings (SSSR count). The molecule has 15 heavy (non-hydrogen) atoms. The normalized spacial score (nSPS) is 14.3. The van der Waals surface area contributed by atoms with E-state index in [1.807, 2.05) is 13.8 Å². The van der Waals surface area contributed by atoms with Gasteiger partial charge in [0, 0.05) is 17.0 Å². The lowest BCUT2D eigenvalue weighted by Gasteiger charge is -2.20. The SMILES string of the molecule is CC(C)(N)CSCCS(=O)(=O)C(C)(C)C. The summed E-state index contributed by atoms with van der Waals surface area (Å²) < 4.78 is 22.8. The molecule has 0 spiro atoms. The molecule has 0 aliphatic heterocycles. The summed E-state index contributed by atoms with van der Waals surface area (Å²) in [6.07, 6.45) is 0. The molecule has 0 amide bonds. The summed E-state index contributed by atoms with van der Waals surface area (Å²) >= 11 is 1.60. The van der Waals surface area contributed by atoms with Crippen molar-refractivity contribution in [3.05, 3.63) is 0 Å². The van der Waals surface area contributed by atoms with E-state index >= 15 is 0 Å². The first-order chi connectivity index (χ1) is 6.46. The van der Waals surface area contributed by atoms with Crippen molar-refractivity contribution in [2.45, 2.75) is 44.9 Å². The van der Waals surface area contributed by atoms with E-state index in [4.69, 9.17) is 5.73 Å². The number of sulfone groups is 1. The van der Waals surface area contributed by atoms with E-state index in [0.29, 0.717) is 5.75 Å². The summed E-state index contributed by atoms with van der Waals surface area (Å²) in [7, 11) is -2.98. The van der Waals surface area contributed by atoms with Gasteiger partial charge in [0.2, 0.25) is 0 Å². The maximum absolute atomic E-state index is 11.7. The van der Waals surface area contributed by atoms with Gasteiger partial charge in [-0.2, -0.15) is 11.8 Å². The Kier molecular flexibility index (Phi) is 5.15. The van der Waals surface area contributed by atoms with Gasteiger partial charge in [0.15, 0.2) is 9.84 Å². The summed E-state index contributed by atoms with van der Waals surface area (Å²) in [5.41, 5.74) is 5.57. The largest absolute Gasteiger partial charge is 0.325 e. The van der Waals surface area contributed by atoms with Gasteiger partial charge < -0.3 is 5.73 Å². The van der Waals surface area contributed by atoms with Gasteiger partial charge in [-0.25, -0.2) is 8.42 Å². The molecule has 0 saturated heterocycles. The van der Waals surface area contributed by atoms with Crippen molar-refractivity contribution in [2.24, 2.45) is 5.73 Å². The highest BCUT2D eigenvalue weighted by Crippen LogP contribution is 2.18. The Morgan fingerprint density at radius 2 is 1.60 bits per heavy atom. The second-order valence-electron chi connectivity index (χ2n) is 5.47. The van der Waals surface area contributed by atoms with E-state index in [-0.39, 0.29) is 11.3 Å². The lowest BCUT2D eigenvalue weighted by atomic mass is 10.1. The van der Waals surface area contributed by atoms with Gasteiger partial charge in [0.1, 0.15) is 0 Å². The van der Waals surface area contributed by atoms with Crippen molar-refractivity contribution in [2.75, 3.05) is 17.3 Å². The number of thioether (sulfide) groups is 1. The van der Waals surface area contributed by atoms with Crippen LogP contribution in [0.5, 0.6) is 0 Å². The van der Waals surface area contributed by atoms with E-state index in [2.05, 4.69) is 0 Å². The van der Waals surface area contributed by atoms with Gasteiger partial charge in [0.05, 0.1) is 10.5 Å². The van der Waals surface area contributed by atoms with Crippen molar-refractivity contribution >= 4 is 21.6 Å². The second kappa shape index (κ2) is 5.06. The van der Waals surface area contributed by atoms with Gasteiger partial charge in [-0.3, -0.25) is 0 Å². The van der Waals surface area contributed by atoms with Crippen LogP contribution >= 0.6 is 11.8 Å². The fraction of sp³-hybridized carbons (Fsp3) is 1.00. The van der Waals surface area contributed by atoms with Crippen molar-refractivity contribution in [3.8, 4) is 0 Å². The minimum Gasteiger partial charge on any atom is -0.325 e. The lowest BCUT2D eigenvalue weighted by molar-refractivity contribution is 0.561. The molecule has 3 nitrogen and oxygen atoms in total. The van der Waals surface area contributed by atoms with Crippen LogP contribution in [0.2, 0.25) is 0 Å². The molecule has 0 heterocycles. The molecule has 0 aliphatic rings. The van der Waals surface area contributed by atoms with Crippen molar-refractivity contribution in [1.82, 2.24) is 0 Å². The van der Waals surface area contributed by atoms with Crippen LogP contribution in [0, 0.1) is 0 Å². The predicted molar refractivity (Wildman–Crippen MR) is 69.1 cm³/mol. The molecule has 5 heteroatoms. The fourth-order valence-electron chi connectivity index (χ4n) is 0.810. The minimum atomic E-state index is -2.98. The average molecular weight is 253 g/mol. The zero-order chi connectivity index (χ0) is 12.3. The highest BCUT2D eigenvalue weighted by atomic mass is 32.2. The quantitative estimate of drug-likeness (QED) is 0.757. The standard InChI is InChI=1S/C10H23NO2S2/c1-9(2,3)15(12,13)7-6-14-8-10(4,5)11/h6-8,11H2,1-5H3. The molecule has 0 aromatic rings. The van der Waals surface area contributed by atoms with Gasteiger partial charge in [-0.15, -0.1) is 0 Å². The first kappa shape index (κ1) is 15.3. The highest BCUT2D eigenvalue weighted by molar-refractivity contribution is 8.00. The van der Waals surface area contributed by atoms with Gasteiger partial charge in [-0.1, -0.05) is 0 Å². The molecule has 0 saturated carbocycles. The molecule has 2 N–H and O–H groups in total. The van der Waals surface area contributed by atoms with Crippen LogP contribution < -0.4 is 5.73 Å². The summed E-state index contributed by atoms with van der Waals surface area (Å²) in [5.74, 6) is 1.64. The third kappa shape index (κ3) is 6.43. The molecule has 0 aliphatic carbocycles. The fourth-order valence-corrected chi connectivity index (χ4v) is 3.44. The monoisotopic (exact) mass is 253 g/mol. The summed E-state index contributed by atoms with van der Waals surface area (Å²) in [6.45, 7) is 9.09. The van der Waals surface area contributed by atoms with E-state index in [1.165, 1.54) is 0 Å². The van der Waals surface area contributed by atoms with Crippen LogP contribution in [0.4, 0.5) is 0 Å². The topological polar surface area (TPSA) is 60.2 Å². The van der Waals surface area contributed by atoms with Crippen LogP contribution in [0.15, 0.2) is 0 Å². The molecule has 0 radical (unpaired) electrons. The molecular weight excluding hydrogens is 230 g/mol. The Morgan fingerprint density at radius 3 is 1.93 bits per heavy atom. The van der Waals surface area contributed by atoms with Crippen LogP contribution in [-0.4, -0.2) is 36.0 Å². The van der Waals surface area contributed by atoms with Crippen molar-refractivity contribution in [3.63, 3.8) is 0 Å². The Morgan fingerprint density at radius 1 is 1.13 bits per heavy atom. The van der Waals surface area contributed by atoms with Crippen molar-refractivity contribution in [1.29, 1.82) is 0 Å². The molecule has 92 valence electrons. The molecule has 0 aromatic heterocycles. The molecular formula is C10H23NO2S2. The van der Waals surface area contributed by atoms with Crippen LogP contribution in [0.3, 0.4) is 0 Å². The van der Waals surface area contributed by atoms with E-state index in [1.54, 1.807) is 32.5 Å². The third-order valence-electron chi connectivity index (χ3n) is 1.90. The number of hydrogen-bond donors (Lipinski definition) is 1. The Hall–Kier alpha value is 0.260. The Bertz CT molecular complexity index is 284. The second-order valence-corrected chi connectivity index (χ2v) is 9.44. The summed E-state index contributed by atoms with van der Waals surface area (Å²) in [5, 5.41) is 0. The summed E-state index contributed by atoms with van der Waals surface area (Å²) in [4.78, 5) is 0. The van der Waals surface area contributed by atoms with Crippen LogP contribution in [0.25, 0.3) is 0 Å². The molecule has 0 atom stereocenters. The van der Waals surface area contributed by atoms with Gasteiger partial charge >= 0.3 is 0 Å². The highest BCUT2D eigenvalue weighted by Gasteiger charge is 2.28. The van der Waals surface area contributed by atoms with Gasteiger partial charge in [-0.05, 0) is 34.6 Å². The maximum atomic E-state index is 11.7. The third-order valence-corrected chi connectivity index (χ3v) is 6.21. The zero-order valence-electron chi connectivity index (χ0n) is 10.3. The molecule has 0 bridgehead atoms. The number of nitrogens with two attached hydrogens (primary N) is 1. The first-order valence-corrected chi connectivity index (χ1v) is 7.85. The van der Waals surface area contributed by atoms with E-state index < -0.39 is 14.6 Å². The smallest absolute Gasteiger partial charge is 0.155 e. The van der Waals surface area contributed by atoms with Gasteiger partial charge in [0.25, 0.3) is 0 Å². The molecule has 0 unspecified atom stereocenters. The number of rotatable bonds is 5. The Labute approximate surface area is 98.1 Å². The first-order valence-electron chi connectivity index (χ1n) is 5.05. The minimum absolute atomic E-state index is 0.226. The Balaban J connectivity index is 3.99.